The van der Waals surface area contributed by atoms with Crippen LogP contribution in [0.3, 0.4) is 0 Å². The Morgan fingerprint density at radius 3 is 2.67 bits per heavy atom. The molecule has 0 radical (unpaired) electrons. The summed E-state index contributed by atoms with van der Waals surface area (Å²) in [6.45, 7) is 4.29. The third-order valence-electron chi connectivity index (χ3n) is 2.50. The fourth-order valence-corrected chi connectivity index (χ4v) is 1.61. The van der Waals surface area contributed by atoms with Crippen molar-refractivity contribution < 1.29 is 0 Å². The summed E-state index contributed by atoms with van der Waals surface area (Å²) in [5, 5.41) is 3.26. The van der Waals surface area contributed by atoms with Crippen molar-refractivity contribution in [2.45, 2.75) is 12.8 Å². The van der Waals surface area contributed by atoms with Gasteiger partial charge in [-0.05, 0) is 45.4 Å². The molecule has 1 heterocycles. The molecule has 1 aliphatic heterocycles. The van der Waals surface area contributed by atoms with Gasteiger partial charge in [-0.25, -0.2) is 5.43 Å². The maximum absolute atomic E-state index is 5.15. The fraction of sp³-hybridized carbons (Fsp3) is 1.00. The van der Waals surface area contributed by atoms with Gasteiger partial charge in [0.25, 0.3) is 0 Å². The van der Waals surface area contributed by atoms with Gasteiger partial charge in [-0.1, -0.05) is 0 Å². The molecule has 0 saturated carbocycles. The first-order valence-electron chi connectivity index (χ1n) is 4.65. The smallest absolute Gasteiger partial charge is 0.0587 e. The molecule has 4 N–H and O–H groups in total. The quantitative estimate of drug-likeness (QED) is 0.228. The van der Waals surface area contributed by atoms with E-state index in [-0.39, 0.29) is 0 Å². The average molecular weight is 172 g/mol. The molecule has 0 aromatic heterocycles. The van der Waals surface area contributed by atoms with E-state index in [2.05, 4.69) is 22.7 Å². The van der Waals surface area contributed by atoms with Gasteiger partial charge in [0.2, 0.25) is 0 Å². The molecule has 0 aliphatic carbocycles. The van der Waals surface area contributed by atoms with Crippen LogP contribution in [-0.2, 0) is 0 Å². The van der Waals surface area contributed by atoms with Crippen molar-refractivity contribution in [1.82, 2.24) is 15.6 Å². The van der Waals surface area contributed by atoms with E-state index in [4.69, 9.17) is 5.84 Å². The van der Waals surface area contributed by atoms with Crippen LogP contribution in [0.4, 0.5) is 0 Å². The van der Waals surface area contributed by atoms with Crippen molar-refractivity contribution in [1.29, 1.82) is 0 Å². The van der Waals surface area contributed by atoms with E-state index >= 15 is 0 Å². The van der Waals surface area contributed by atoms with Crippen LogP contribution in [0.2, 0.25) is 0 Å². The zero-order valence-corrected chi connectivity index (χ0v) is 7.84. The van der Waals surface area contributed by atoms with Crippen molar-refractivity contribution in [3.8, 4) is 0 Å². The summed E-state index contributed by atoms with van der Waals surface area (Å²) >= 11 is 0. The second-order valence-electron chi connectivity index (χ2n) is 3.58. The van der Waals surface area contributed by atoms with E-state index in [1.165, 1.54) is 25.9 Å². The Morgan fingerprint density at radius 1 is 1.42 bits per heavy atom. The molecular formula is C8H20N4. The van der Waals surface area contributed by atoms with Crippen LogP contribution in [0.1, 0.15) is 12.8 Å². The van der Waals surface area contributed by atoms with E-state index in [0.717, 1.165) is 12.5 Å². The number of piperidine rings is 1. The zero-order chi connectivity index (χ0) is 8.81. The van der Waals surface area contributed by atoms with Gasteiger partial charge in [-0.3, -0.25) is 5.84 Å². The minimum absolute atomic E-state index is 0.715. The number of nitrogens with one attached hydrogen (secondary N) is 2. The lowest BCUT2D eigenvalue weighted by molar-refractivity contribution is 0.215. The van der Waals surface area contributed by atoms with Crippen molar-refractivity contribution in [2.75, 3.05) is 33.4 Å². The third-order valence-corrected chi connectivity index (χ3v) is 2.50. The van der Waals surface area contributed by atoms with Gasteiger partial charge in [0, 0.05) is 0 Å². The largest absolute Gasteiger partial charge is 0.306 e. The fourth-order valence-electron chi connectivity index (χ4n) is 1.61. The van der Waals surface area contributed by atoms with Gasteiger partial charge < -0.3 is 10.2 Å². The number of rotatable bonds is 4. The van der Waals surface area contributed by atoms with Crippen molar-refractivity contribution in [3.05, 3.63) is 0 Å². The van der Waals surface area contributed by atoms with E-state index in [1.54, 1.807) is 0 Å². The number of nitrogens with two attached hydrogens (primary N) is 1. The van der Waals surface area contributed by atoms with Crippen LogP contribution in [0.15, 0.2) is 0 Å². The van der Waals surface area contributed by atoms with Crippen LogP contribution in [-0.4, -0.2) is 38.3 Å². The Balaban J connectivity index is 2.01. The van der Waals surface area contributed by atoms with E-state index < -0.39 is 0 Å². The predicted molar refractivity (Wildman–Crippen MR) is 50.4 cm³/mol. The first-order valence-corrected chi connectivity index (χ1v) is 4.65. The molecule has 1 aliphatic rings. The Kier molecular flexibility index (Phi) is 4.53. The van der Waals surface area contributed by atoms with E-state index in [0.29, 0.717) is 6.67 Å². The summed E-state index contributed by atoms with van der Waals surface area (Å²) in [4.78, 5) is 2.39. The van der Waals surface area contributed by atoms with Gasteiger partial charge >= 0.3 is 0 Å². The minimum atomic E-state index is 0.715. The van der Waals surface area contributed by atoms with Crippen LogP contribution >= 0.6 is 0 Å². The number of hydrazine groups is 1. The van der Waals surface area contributed by atoms with Crippen molar-refractivity contribution in [2.24, 2.45) is 11.8 Å². The number of hydrogen-bond donors (Lipinski definition) is 3. The number of likely N-dealkylation sites (tertiary alicyclic amines) is 1. The molecule has 0 aromatic carbocycles. The Hall–Kier alpha value is -0.160. The summed E-state index contributed by atoms with van der Waals surface area (Å²) < 4.78 is 0. The van der Waals surface area contributed by atoms with Gasteiger partial charge in [-0.2, -0.15) is 0 Å². The van der Waals surface area contributed by atoms with Crippen molar-refractivity contribution in [3.63, 3.8) is 0 Å². The molecule has 1 rings (SSSR count). The molecule has 72 valence electrons. The SMILES string of the molecule is CN1CCC(CNCNN)CC1. The molecule has 0 atom stereocenters. The second kappa shape index (κ2) is 5.48. The van der Waals surface area contributed by atoms with E-state index in [9.17, 15) is 0 Å². The molecule has 1 saturated heterocycles. The van der Waals surface area contributed by atoms with Gasteiger partial charge in [0.1, 0.15) is 0 Å². The zero-order valence-electron chi connectivity index (χ0n) is 7.84. The highest BCUT2D eigenvalue weighted by atomic mass is 15.3. The molecule has 0 unspecified atom stereocenters. The third kappa shape index (κ3) is 3.49. The molecule has 1 fully saturated rings. The number of hydrogen-bond acceptors (Lipinski definition) is 4. The molecule has 12 heavy (non-hydrogen) atoms. The van der Waals surface area contributed by atoms with Crippen LogP contribution in [0.25, 0.3) is 0 Å². The van der Waals surface area contributed by atoms with Crippen LogP contribution in [0.5, 0.6) is 0 Å². The highest BCUT2D eigenvalue weighted by Crippen LogP contribution is 2.14. The second-order valence-corrected chi connectivity index (χ2v) is 3.58. The highest BCUT2D eigenvalue weighted by Gasteiger charge is 2.15. The Bertz CT molecular complexity index is 110. The van der Waals surface area contributed by atoms with Crippen molar-refractivity contribution >= 4 is 0 Å². The topological polar surface area (TPSA) is 53.3 Å². The molecular weight excluding hydrogens is 152 g/mol. The van der Waals surface area contributed by atoms with Gasteiger partial charge in [0.15, 0.2) is 0 Å². The summed E-state index contributed by atoms with van der Waals surface area (Å²) in [6.07, 6.45) is 2.63. The minimum Gasteiger partial charge on any atom is -0.306 e. The normalized spacial score (nSPS) is 21.5. The maximum atomic E-state index is 5.15. The first kappa shape index (κ1) is 9.92. The summed E-state index contributed by atoms with van der Waals surface area (Å²) in [5.74, 6) is 5.99. The molecule has 4 heteroatoms. The molecule has 0 aromatic rings. The summed E-state index contributed by atoms with van der Waals surface area (Å²) in [5.41, 5.74) is 2.59. The maximum Gasteiger partial charge on any atom is 0.0587 e. The predicted octanol–water partition coefficient (Wildman–Crippen LogP) is -0.661. The van der Waals surface area contributed by atoms with Crippen LogP contribution in [0, 0.1) is 5.92 Å². The molecule has 0 amide bonds. The van der Waals surface area contributed by atoms with E-state index in [1.807, 2.05) is 0 Å². The summed E-state index contributed by atoms with van der Waals surface area (Å²) in [6, 6.07) is 0. The highest BCUT2D eigenvalue weighted by molar-refractivity contribution is 4.71. The van der Waals surface area contributed by atoms with Gasteiger partial charge in [0.05, 0.1) is 6.67 Å². The molecule has 4 nitrogen and oxygen atoms in total. The Morgan fingerprint density at radius 2 is 2.08 bits per heavy atom. The number of nitrogens with zero attached hydrogens (tertiary/aromatic N) is 1. The monoisotopic (exact) mass is 172 g/mol. The molecule has 0 spiro atoms. The Labute approximate surface area is 74.5 Å². The average Bonchev–Trinajstić information content (AvgIpc) is 2.09. The van der Waals surface area contributed by atoms with Gasteiger partial charge in [-0.15, -0.1) is 0 Å². The van der Waals surface area contributed by atoms with Crippen LogP contribution < -0.4 is 16.6 Å². The standard InChI is InChI=1S/C8H20N4/c1-12-4-2-8(3-5-12)6-10-7-11-9/h8,10-11H,2-7,9H2,1H3. The lowest BCUT2D eigenvalue weighted by atomic mass is 9.97. The first-order chi connectivity index (χ1) is 5.83. The lowest BCUT2D eigenvalue weighted by Gasteiger charge is -2.28. The lowest BCUT2D eigenvalue weighted by Crippen LogP contribution is -2.39. The summed E-state index contributed by atoms with van der Waals surface area (Å²) in [7, 11) is 2.19. The molecule has 0 bridgehead atoms.